The molecule has 1 rings (SSSR count). The van der Waals surface area contributed by atoms with Crippen molar-refractivity contribution < 1.29 is 13.6 Å². The Balaban J connectivity index is 0.00000361. The van der Waals surface area contributed by atoms with Crippen LogP contribution in [0.2, 0.25) is 0 Å². The van der Waals surface area contributed by atoms with E-state index in [-0.39, 0.29) is 30.3 Å². The predicted octanol–water partition coefficient (Wildman–Crippen LogP) is 2.56. The Bertz CT molecular complexity index is 451. The molecule has 0 spiro atoms. The van der Waals surface area contributed by atoms with Crippen LogP contribution in [0.5, 0.6) is 0 Å². The monoisotopic (exact) mass is 306 g/mol. The topological polar surface area (TPSA) is 55.1 Å². The summed E-state index contributed by atoms with van der Waals surface area (Å²) in [5, 5.41) is 2.67. The van der Waals surface area contributed by atoms with Gasteiger partial charge in [-0.2, -0.15) is 0 Å². The lowest BCUT2D eigenvalue weighted by Gasteiger charge is -2.26. The second kappa shape index (κ2) is 8.17. The zero-order valence-corrected chi connectivity index (χ0v) is 12.5. The number of halogens is 3. The maximum atomic E-state index is 13.4. The Kier molecular flexibility index (Phi) is 7.68. The molecule has 0 heterocycles. The lowest BCUT2D eigenvalue weighted by molar-refractivity contribution is -0.120. The number of amides is 1. The average Bonchev–Trinajstić information content (AvgIpc) is 2.41. The maximum Gasteiger partial charge on any atom is 0.224 e. The Labute approximate surface area is 124 Å². The van der Waals surface area contributed by atoms with Gasteiger partial charge in [0.1, 0.15) is 0 Å². The van der Waals surface area contributed by atoms with Crippen molar-refractivity contribution in [1.29, 1.82) is 0 Å². The Morgan fingerprint density at radius 3 is 2.45 bits per heavy atom. The third-order valence-electron chi connectivity index (χ3n) is 3.43. The summed E-state index contributed by atoms with van der Waals surface area (Å²) in [6.07, 6.45) is 1.28. The Morgan fingerprint density at radius 2 is 1.90 bits per heavy atom. The molecule has 0 saturated carbocycles. The highest BCUT2D eigenvalue weighted by Gasteiger charge is 2.21. The fraction of sp³-hybridized carbons (Fsp3) is 0.500. The molecule has 0 aliphatic heterocycles. The van der Waals surface area contributed by atoms with Gasteiger partial charge in [-0.3, -0.25) is 4.79 Å². The number of carbonyl (C=O) groups is 1. The normalized spacial score (nSPS) is 10.8. The molecule has 3 N–H and O–H groups in total. The molecule has 3 nitrogen and oxygen atoms in total. The van der Waals surface area contributed by atoms with Crippen LogP contribution < -0.4 is 11.1 Å². The third kappa shape index (κ3) is 5.06. The summed E-state index contributed by atoms with van der Waals surface area (Å²) >= 11 is 0. The number of benzene rings is 1. The molecule has 0 radical (unpaired) electrons. The van der Waals surface area contributed by atoms with Crippen molar-refractivity contribution in [2.45, 2.75) is 38.6 Å². The minimum atomic E-state index is -0.970. The van der Waals surface area contributed by atoms with Crippen molar-refractivity contribution in [3.05, 3.63) is 35.4 Å². The van der Waals surface area contributed by atoms with Crippen LogP contribution in [0.15, 0.2) is 18.2 Å². The summed E-state index contributed by atoms with van der Waals surface area (Å²) in [6, 6.07) is 3.80. The summed E-state index contributed by atoms with van der Waals surface area (Å²) in [6.45, 7) is 4.22. The second-order valence-electron chi connectivity index (χ2n) is 4.74. The molecule has 0 aromatic heterocycles. The summed E-state index contributed by atoms with van der Waals surface area (Å²) in [5.74, 6) is -2.27. The standard InChI is InChI=1S/C14H20F2N2O.ClH/c1-3-14(17,4-2)9-18-12(19)8-10-6-5-7-11(15)13(10)16;/h5-7H,3-4,8-9,17H2,1-2H3,(H,18,19);1H. The van der Waals surface area contributed by atoms with Crippen LogP contribution >= 0.6 is 12.4 Å². The van der Waals surface area contributed by atoms with E-state index >= 15 is 0 Å². The molecule has 6 heteroatoms. The lowest BCUT2D eigenvalue weighted by atomic mass is 9.94. The van der Waals surface area contributed by atoms with Crippen LogP contribution in [0.25, 0.3) is 0 Å². The quantitative estimate of drug-likeness (QED) is 0.848. The van der Waals surface area contributed by atoms with Crippen LogP contribution in [0, 0.1) is 11.6 Å². The molecule has 0 atom stereocenters. The van der Waals surface area contributed by atoms with Gasteiger partial charge in [-0.25, -0.2) is 8.78 Å². The zero-order chi connectivity index (χ0) is 14.5. The van der Waals surface area contributed by atoms with Gasteiger partial charge in [0.25, 0.3) is 0 Å². The van der Waals surface area contributed by atoms with Gasteiger partial charge in [-0.15, -0.1) is 12.4 Å². The van der Waals surface area contributed by atoms with Crippen molar-refractivity contribution in [3.63, 3.8) is 0 Å². The first-order valence-corrected chi connectivity index (χ1v) is 6.40. The molecule has 1 amide bonds. The van der Waals surface area contributed by atoms with Crippen molar-refractivity contribution in [3.8, 4) is 0 Å². The van der Waals surface area contributed by atoms with Gasteiger partial charge in [0.15, 0.2) is 11.6 Å². The van der Waals surface area contributed by atoms with E-state index in [0.29, 0.717) is 6.54 Å². The first-order valence-electron chi connectivity index (χ1n) is 6.40. The molecule has 20 heavy (non-hydrogen) atoms. The third-order valence-corrected chi connectivity index (χ3v) is 3.43. The number of hydrogen-bond acceptors (Lipinski definition) is 2. The van der Waals surface area contributed by atoms with Crippen LogP contribution in [-0.2, 0) is 11.2 Å². The van der Waals surface area contributed by atoms with Crippen LogP contribution in [-0.4, -0.2) is 18.0 Å². The smallest absolute Gasteiger partial charge is 0.224 e. The van der Waals surface area contributed by atoms with Crippen molar-refractivity contribution >= 4 is 18.3 Å². The van der Waals surface area contributed by atoms with E-state index in [0.717, 1.165) is 18.9 Å². The van der Waals surface area contributed by atoms with Gasteiger partial charge in [-0.1, -0.05) is 26.0 Å². The fourth-order valence-electron chi connectivity index (χ4n) is 1.70. The van der Waals surface area contributed by atoms with E-state index < -0.39 is 17.2 Å². The van der Waals surface area contributed by atoms with E-state index in [1.807, 2.05) is 13.8 Å². The maximum absolute atomic E-state index is 13.4. The first-order chi connectivity index (χ1) is 8.91. The van der Waals surface area contributed by atoms with Gasteiger partial charge in [0.2, 0.25) is 5.91 Å². The van der Waals surface area contributed by atoms with E-state index in [4.69, 9.17) is 5.73 Å². The minimum absolute atomic E-state index is 0. The molecular formula is C14H21ClF2N2O. The average molecular weight is 307 g/mol. The predicted molar refractivity (Wildman–Crippen MR) is 77.8 cm³/mol. The summed E-state index contributed by atoms with van der Waals surface area (Å²) in [4.78, 5) is 11.7. The second-order valence-corrected chi connectivity index (χ2v) is 4.74. The van der Waals surface area contributed by atoms with Crippen molar-refractivity contribution in [2.75, 3.05) is 6.54 Å². The van der Waals surface area contributed by atoms with Gasteiger partial charge < -0.3 is 11.1 Å². The molecule has 0 aliphatic carbocycles. The highest BCUT2D eigenvalue weighted by atomic mass is 35.5. The first kappa shape index (κ1) is 18.8. The van der Waals surface area contributed by atoms with Crippen molar-refractivity contribution in [2.24, 2.45) is 5.73 Å². The van der Waals surface area contributed by atoms with Gasteiger partial charge >= 0.3 is 0 Å². The van der Waals surface area contributed by atoms with Gasteiger partial charge in [0.05, 0.1) is 6.42 Å². The zero-order valence-electron chi connectivity index (χ0n) is 11.7. The summed E-state index contributed by atoms with van der Waals surface area (Å²) in [7, 11) is 0. The number of nitrogens with one attached hydrogen (secondary N) is 1. The van der Waals surface area contributed by atoms with Crippen LogP contribution in [0.3, 0.4) is 0 Å². The Morgan fingerprint density at radius 1 is 1.30 bits per heavy atom. The number of hydrogen-bond donors (Lipinski definition) is 2. The van der Waals surface area contributed by atoms with E-state index in [1.54, 1.807) is 0 Å². The van der Waals surface area contributed by atoms with Gasteiger partial charge in [0, 0.05) is 17.6 Å². The van der Waals surface area contributed by atoms with Gasteiger partial charge in [-0.05, 0) is 18.9 Å². The molecule has 0 saturated heterocycles. The summed E-state index contributed by atoms with van der Waals surface area (Å²) in [5.41, 5.74) is 5.64. The number of carbonyl (C=O) groups excluding carboxylic acids is 1. The molecule has 1 aromatic rings. The largest absolute Gasteiger partial charge is 0.354 e. The number of rotatable bonds is 6. The number of nitrogens with two attached hydrogens (primary N) is 1. The molecule has 114 valence electrons. The molecule has 1 aromatic carbocycles. The molecule has 0 aliphatic rings. The fourth-order valence-corrected chi connectivity index (χ4v) is 1.70. The molecular weight excluding hydrogens is 286 g/mol. The van der Waals surface area contributed by atoms with E-state index in [2.05, 4.69) is 5.32 Å². The SMILES string of the molecule is CCC(N)(CC)CNC(=O)Cc1cccc(F)c1F.Cl. The van der Waals surface area contributed by atoms with Crippen LogP contribution in [0.1, 0.15) is 32.3 Å². The molecule has 0 fully saturated rings. The van der Waals surface area contributed by atoms with E-state index in [1.165, 1.54) is 12.1 Å². The minimum Gasteiger partial charge on any atom is -0.354 e. The molecule has 0 bridgehead atoms. The Hall–Kier alpha value is -1.20. The highest BCUT2D eigenvalue weighted by molar-refractivity contribution is 5.85. The lowest BCUT2D eigenvalue weighted by Crippen LogP contribution is -2.49. The summed E-state index contributed by atoms with van der Waals surface area (Å²) < 4.78 is 26.4. The molecule has 0 unspecified atom stereocenters. The van der Waals surface area contributed by atoms with Crippen LogP contribution in [0.4, 0.5) is 8.78 Å². The van der Waals surface area contributed by atoms with E-state index in [9.17, 15) is 13.6 Å². The highest BCUT2D eigenvalue weighted by Crippen LogP contribution is 2.12. The van der Waals surface area contributed by atoms with Crippen molar-refractivity contribution in [1.82, 2.24) is 5.32 Å².